The van der Waals surface area contributed by atoms with E-state index in [1.54, 1.807) is 5.01 Å². The van der Waals surface area contributed by atoms with E-state index >= 15 is 0 Å². The average molecular weight is 271 g/mol. The van der Waals surface area contributed by atoms with Crippen LogP contribution in [-0.4, -0.2) is 10.8 Å². The van der Waals surface area contributed by atoms with Crippen molar-refractivity contribution in [1.29, 1.82) is 0 Å². The molecular formula is C16H21N3O. The van der Waals surface area contributed by atoms with Gasteiger partial charge in [0, 0.05) is 24.1 Å². The fourth-order valence-electron chi connectivity index (χ4n) is 3.47. The minimum atomic E-state index is -0.0749. The molecule has 0 saturated heterocycles. The third-order valence-corrected chi connectivity index (χ3v) is 4.57. The molecule has 3 rings (SSSR count). The summed E-state index contributed by atoms with van der Waals surface area (Å²) < 4.78 is 0. The predicted octanol–water partition coefficient (Wildman–Crippen LogP) is 2.32. The molecule has 0 amide bonds. The average Bonchev–Trinajstić information content (AvgIpc) is 3.07. The van der Waals surface area contributed by atoms with Crippen molar-refractivity contribution in [1.82, 2.24) is 5.01 Å². The van der Waals surface area contributed by atoms with Gasteiger partial charge in [-0.15, -0.1) is 0 Å². The van der Waals surface area contributed by atoms with Gasteiger partial charge in [0.25, 0.3) is 0 Å². The number of fused-ring (bicyclic) bond motifs is 1. The van der Waals surface area contributed by atoms with Crippen molar-refractivity contribution >= 4 is 11.5 Å². The van der Waals surface area contributed by atoms with Crippen LogP contribution in [0.15, 0.2) is 30.5 Å². The Morgan fingerprint density at radius 2 is 2.00 bits per heavy atom. The van der Waals surface area contributed by atoms with Crippen molar-refractivity contribution in [3.05, 3.63) is 41.6 Å². The summed E-state index contributed by atoms with van der Waals surface area (Å²) >= 11 is 0. The molecule has 1 heterocycles. The third kappa shape index (κ3) is 2.10. The summed E-state index contributed by atoms with van der Waals surface area (Å²) in [5, 5.41) is 1.65. The molecule has 1 saturated carbocycles. The molecule has 1 aliphatic heterocycles. The Bertz CT molecular complexity index is 546. The van der Waals surface area contributed by atoms with Crippen molar-refractivity contribution in [3.63, 3.8) is 0 Å². The van der Waals surface area contributed by atoms with Crippen LogP contribution in [0.4, 0.5) is 0 Å². The maximum absolute atomic E-state index is 12.4. The fraction of sp³-hybridized carbons (Fsp3) is 0.438. The molecule has 0 bridgehead atoms. The summed E-state index contributed by atoms with van der Waals surface area (Å²) in [6.07, 6.45) is 6.44. The maximum atomic E-state index is 12.4. The minimum absolute atomic E-state index is 0.0749. The van der Waals surface area contributed by atoms with E-state index in [0.29, 0.717) is 12.2 Å². The number of benzene rings is 1. The molecule has 1 atom stereocenters. The maximum Gasteiger partial charge on any atom is 0.138 e. The lowest BCUT2D eigenvalue weighted by atomic mass is 9.93. The van der Waals surface area contributed by atoms with E-state index in [2.05, 4.69) is 0 Å². The second-order valence-corrected chi connectivity index (χ2v) is 5.71. The zero-order valence-electron chi connectivity index (χ0n) is 11.6. The summed E-state index contributed by atoms with van der Waals surface area (Å²) in [5.41, 5.74) is 8.65. The van der Waals surface area contributed by atoms with Gasteiger partial charge >= 0.3 is 0 Å². The van der Waals surface area contributed by atoms with E-state index in [4.69, 9.17) is 11.6 Å². The molecule has 0 spiro atoms. The lowest BCUT2D eigenvalue weighted by Crippen LogP contribution is -2.31. The van der Waals surface area contributed by atoms with Crippen LogP contribution in [0, 0.1) is 5.92 Å². The second-order valence-electron chi connectivity index (χ2n) is 5.71. The number of carbonyl (C=O) groups is 1. The van der Waals surface area contributed by atoms with Gasteiger partial charge in [-0.3, -0.25) is 4.79 Å². The first-order valence-corrected chi connectivity index (χ1v) is 7.30. The summed E-state index contributed by atoms with van der Waals surface area (Å²) in [6.45, 7) is 0. The van der Waals surface area contributed by atoms with E-state index < -0.39 is 0 Å². The summed E-state index contributed by atoms with van der Waals surface area (Å²) in [5.74, 6) is 6.74. The second kappa shape index (κ2) is 5.29. The molecule has 4 N–H and O–H groups in total. The molecule has 1 aliphatic carbocycles. The number of ketones is 1. The van der Waals surface area contributed by atoms with E-state index in [1.165, 1.54) is 19.0 Å². The lowest BCUT2D eigenvalue weighted by molar-refractivity contribution is -0.123. The summed E-state index contributed by atoms with van der Waals surface area (Å²) in [6, 6.07) is 7.93. The van der Waals surface area contributed by atoms with Gasteiger partial charge in [-0.05, 0) is 18.4 Å². The van der Waals surface area contributed by atoms with Crippen LogP contribution in [0.2, 0.25) is 0 Å². The molecule has 1 aromatic rings. The van der Waals surface area contributed by atoms with Crippen LogP contribution >= 0.6 is 0 Å². The number of carbonyl (C=O) groups excluding carboxylic acids is 1. The lowest BCUT2D eigenvalue weighted by Gasteiger charge is -2.23. The largest absolute Gasteiger partial charge is 0.403 e. The number of rotatable bonds is 3. The highest BCUT2D eigenvalue weighted by Gasteiger charge is 2.35. The van der Waals surface area contributed by atoms with Crippen LogP contribution in [0.3, 0.4) is 0 Å². The first kappa shape index (κ1) is 13.2. The van der Waals surface area contributed by atoms with Crippen LogP contribution < -0.4 is 11.6 Å². The van der Waals surface area contributed by atoms with Crippen molar-refractivity contribution in [2.75, 3.05) is 0 Å². The van der Waals surface area contributed by atoms with Crippen LogP contribution in [0.1, 0.15) is 49.3 Å². The Morgan fingerprint density at radius 1 is 1.30 bits per heavy atom. The van der Waals surface area contributed by atoms with Crippen LogP contribution in [0.5, 0.6) is 0 Å². The molecule has 0 radical (unpaired) electrons. The molecule has 4 heteroatoms. The zero-order chi connectivity index (χ0) is 14.1. The first-order chi connectivity index (χ1) is 9.72. The van der Waals surface area contributed by atoms with E-state index in [1.807, 2.05) is 24.3 Å². The van der Waals surface area contributed by atoms with Gasteiger partial charge in [-0.2, -0.15) is 0 Å². The number of hydrogen-bond donors (Lipinski definition) is 2. The Morgan fingerprint density at radius 3 is 2.70 bits per heavy atom. The van der Waals surface area contributed by atoms with Gasteiger partial charge < -0.3 is 10.7 Å². The SMILES string of the molecule is N/C=C1/c2ccccc2C(CC(=O)C2CCCC2)N1N. The van der Waals surface area contributed by atoms with Gasteiger partial charge in [0.05, 0.1) is 11.7 Å². The van der Waals surface area contributed by atoms with Crippen LogP contribution in [0.25, 0.3) is 5.70 Å². The highest BCUT2D eigenvalue weighted by Crippen LogP contribution is 2.41. The highest BCUT2D eigenvalue weighted by atomic mass is 16.1. The van der Waals surface area contributed by atoms with Crippen molar-refractivity contribution < 1.29 is 4.79 Å². The topological polar surface area (TPSA) is 72.4 Å². The normalized spacial score (nSPS) is 24.4. The monoisotopic (exact) mass is 271 g/mol. The third-order valence-electron chi connectivity index (χ3n) is 4.57. The van der Waals surface area contributed by atoms with Gasteiger partial charge in [0.2, 0.25) is 0 Å². The number of nitrogens with two attached hydrogens (primary N) is 2. The van der Waals surface area contributed by atoms with Gasteiger partial charge in [-0.1, -0.05) is 37.1 Å². The molecule has 1 aromatic carbocycles. The molecule has 0 aromatic heterocycles. The number of hydrogen-bond acceptors (Lipinski definition) is 4. The Hall–Kier alpha value is -1.81. The number of hydrazine groups is 1. The fourth-order valence-corrected chi connectivity index (χ4v) is 3.47. The quantitative estimate of drug-likeness (QED) is 0.828. The smallest absolute Gasteiger partial charge is 0.138 e. The summed E-state index contributed by atoms with van der Waals surface area (Å²) in [4.78, 5) is 12.4. The van der Waals surface area contributed by atoms with Gasteiger partial charge in [0.1, 0.15) is 5.78 Å². The number of nitrogens with zero attached hydrogens (tertiary/aromatic N) is 1. The summed E-state index contributed by atoms with van der Waals surface area (Å²) in [7, 11) is 0. The predicted molar refractivity (Wildman–Crippen MR) is 79.0 cm³/mol. The van der Waals surface area contributed by atoms with Crippen molar-refractivity contribution in [2.45, 2.75) is 38.1 Å². The molecule has 20 heavy (non-hydrogen) atoms. The van der Waals surface area contributed by atoms with Crippen LogP contribution in [-0.2, 0) is 4.79 Å². The van der Waals surface area contributed by atoms with Gasteiger partial charge in [-0.25, -0.2) is 5.84 Å². The molecular weight excluding hydrogens is 250 g/mol. The Balaban J connectivity index is 1.84. The molecule has 1 fully saturated rings. The van der Waals surface area contributed by atoms with E-state index in [9.17, 15) is 4.79 Å². The Kier molecular flexibility index (Phi) is 3.49. The van der Waals surface area contributed by atoms with Crippen molar-refractivity contribution in [2.24, 2.45) is 17.5 Å². The van der Waals surface area contributed by atoms with Gasteiger partial charge in [0.15, 0.2) is 0 Å². The molecule has 106 valence electrons. The van der Waals surface area contributed by atoms with E-state index in [-0.39, 0.29) is 12.0 Å². The zero-order valence-corrected chi connectivity index (χ0v) is 11.6. The highest BCUT2D eigenvalue weighted by molar-refractivity contribution is 5.83. The van der Waals surface area contributed by atoms with E-state index in [0.717, 1.165) is 29.7 Å². The first-order valence-electron chi connectivity index (χ1n) is 7.30. The standard InChI is InChI=1S/C16H21N3O/c17-10-15-13-8-4-3-7-12(13)14(19(15)18)9-16(20)11-5-1-2-6-11/h3-4,7-8,10-11,14H,1-2,5-6,9,17-18H2/b15-10-. The number of Topliss-reactive ketones (excluding diaryl/α,β-unsaturated/α-hetero) is 1. The minimum Gasteiger partial charge on any atom is -0.403 e. The molecule has 1 unspecified atom stereocenters. The van der Waals surface area contributed by atoms with Crippen molar-refractivity contribution in [3.8, 4) is 0 Å². The molecule has 2 aliphatic rings. The molecule has 4 nitrogen and oxygen atoms in total. The Labute approximate surface area is 119 Å².